The molecule has 17 heavy (non-hydrogen) atoms. The van der Waals surface area contributed by atoms with Crippen LogP contribution in [0.3, 0.4) is 0 Å². The van der Waals surface area contributed by atoms with Crippen molar-refractivity contribution in [1.29, 1.82) is 0 Å². The van der Waals surface area contributed by atoms with Crippen LogP contribution < -0.4 is 5.32 Å². The molecule has 1 aromatic carbocycles. The second-order valence-electron chi connectivity index (χ2n) is 3.54. The quantitative estimate of drug-likeness (QED) is 0.797. The molecule has 1 heterocycles. The molecule has 0 spiro atoms. The van der Waals surface area contributed by atoms with Crippen LogP contribution in [-0.4, -0.2) is 24.0 Å². The van der Waals surface area contributed by atoms with E-state index in [4.69, 9.17) is 5.11 Å². The third-order valence-corrected chi connectivity index (χ3v) is 2.55. The summed E-state index contributed by atoms with van der Waals surface area (Å²) in [6.07, 6.45) is -6.13. The fourth-order valence-electron chi connectivity index (χ4n) is 1.71. The van der Waals surface area contributed by atoms with Gasteiger partial charge in [-0.15, -0.1) is 0 Å². The third kappa shape index (κ3) is 1.62. The van der Waals surface area contributed by atoms with Crippen LogP contribution >= 0.6 is 0 Å². The number of amides is 1. The van der Waals surface area contributed by atoms with Gasteiger partial charge in [0.1, 0.15) is 0 Å². The van der Waals surface area contributed by atoms with Crippen LogP contribution in [0.2, 0.25) is 0 Å². The van der Waals surface area contributed by atoms with Gasteiger partial charge in [-0.1, -0.05) is 18.2 Å². The number of alkyl halides is 3. The Labute approximate surface area is 94.0 Å². The molecule has 0 fully saturated rings. The van der Waals surface area contributed by atoms with E-state index < -0.39 is 24.5 Å². The molecule has 1 aliphatic heterocycles. The average molecular weight is 247 g/mol. The normalized spacial score (nSPS) is 23.6. The molecule has 1 atom stereocenters. The zero-order valence-electron chi connectivity index (χ0n) is 8.41. The van der Waals surface area contributed by atoms with Gasteiger partial charge in [-0.25, -0.2) is 4.79 Å². The lowest BCUT2D eigenvalue weighted by Crippen LogP contribution is -2.52. The minimum absolute atomic E-state index is 0.0184. The number of anilines is 1. The van der Waals surface area contributed by atoms with Crippen LogP contribution in [0, 0.1) is 0 Å². The number of benzene rings is 1. The van der Waals surface area contributed by atoms with E-state index in [1.165, 1.54) is 18.2 Å². The highest BCUT2D eigenvalue weighted by atomic mass is 19.4. The van der Waals surface area contributed by atoms with Gasteiger partial charge in [-0.05, 0) is 6.07 Å². The summed E-state index contributed by atoms with van der Waals surface area (Å²) in [5, 5.41) is 11.2. The molecule has 1 aromatic rings. The predicted molar refractivity (Wildman–Crippen MR) is 51.4 cm³/mol. The lowest BCUT2D eigenvalue weighted by Gasteiger charge is -2.38. The number of ether oxygens (including phenoxy) is 1. The number of carbonyl (C=O) groups excluding carboxylic acids is 1. The summed E-state index contributed by atoms with van der Waals surface area (Å²) < 4.78 is 43.2. The van der Waals surface area contributed by atoms with Crippen LogP contribution in [0.15, 0.2) is 24.3 Å². The van der Waals surface area contributed by atoms with E-state index in [0.29, 0.717) is 0 Å². The van der Waals surface area contributed by atoms with Crippen molar-refractivity contribution in [2.24, 2.45) is 0 Å². The number of halogens is 3. The summed E-state index contributed by atoms with van der Waals surface area (Å²) in [5.74, 6) is 0. The largest absolute Gasteiger partial charge is 0.435 e. The maximum absolute atomic E-state index is 13.0. The molecule has 1 amide bonds. The van der Waals surface area contributed by atoms with Gasteiger partial charge in [0.2, 0.25) is 0 Å². The number of hydrogen-bond acceptors (Lipinski definition) is 3. The summed E-state index contributed by atoms with van der Waals surface area (Å²) in [6.45, 7) is -1.36. The highest BCUT2D eigenvalue weighted by Gasteiger charge is 2.61. The molecular formula is C10H8F3NO3. The summed E-state index contributed by atoms with van der Waals surface area (Å²) in [5.41, 5.74) is -3.32. The molecule has 7 heteroatoms. The zero-order chi connectivity index (χ0) is 12.7. The summed E-state index contributed by atoms with van der Waals surface area (Å²) in [7, 11) is 0. The van der Waals surface area contributed by atoms with Gasteiger partial charge >= 0.3 is 12.3 Å². The molecule has 0 saturated carbocycles. The summed E-state index contributed by atoms with van der Waals surface area (Å²) >= 11 is 0. The Balaban J connectivity index is 2.65. The van der Waals surface area contributed by atoms with Crippen molar-refractivity contribution >= 4 is 11.8 Å². The minimum atomic E-state index is -4.89. The Bertz CT molecular complexity index is 460. The smallest absolute Gasteiger partial charge is 0.425 e. The number of aliphatic hydroxyl groups is 1. The van der Waals surface area contributed by atoms with Crippen molar-refractivity contribution in [1.82, 2.24) is 0 Å². The van der Waals surface area contributed by atoms with Crippen LogP contribution in [0.25, 0.3) is 0 Å². The van der Waals surface area contributed by atoms with E-state index >= 15 is 0 Å². The minimum Gasteiger partial charge on any atom is -0.425 e. The van der Waals surface area contributed by atoms with Crippen LogP contribution in [0.5, 0.6) is 0 Å². The molecule has 2 N–H and O–H groups in total. The first-order chi connectivity index (χ1) is 7.90. The van der Waals surface area contributed by atoms with Crippen LogP contribution in [0.1, 0.15) is 5.56 Å². The molecule has 0 bridgehead atoms. The van der Waals surface area contributed by atoms with Gasteiger partial charge in [0, 0.05) is 5.56 Å². The second-order valence-corrected chi connectivity index (χ2v) is 3.54. The van der Waals surface area contributed by atoms with Gasteiger partial charge in [0.05, 0.1) is 12.3 Å². The molecule has 0 aliphatic carbocycles. The molecule has 2 rings (SSSR count). The highest BCUT2D eigenvalue weighted by Crippen LogP contribution is 2.46. The Kier molecular flexibility index (Phi) is 2.50. The van der Waals surface area contributed by atoms with E-state index in [9.17, 15) is 18.0 Å². The van der Waals surface area contributed by atoms with E-state index in [1.54, 1.807) is 0 Å². The standard InChI is InChI=1S/C10H8F3NO3/c11-10(12,13)9(5-15)6-3-1-2-4-7(6)14-8(16)17-9/h1-4,15H,5H2,(H,14,16). The fraction of sp³-hybridized carbons (Fsp3) is 0.300. The van der Waals surface area contributed by atoms with Crippen molar-refractivity contribution in [3.8, 4) is 0 Å². The van der Waals surface area contributed by atoms with Gasteiger partial charge in [0.15, 0.2) is 0 Å². The number of nitrogens with one attached hydrogen (secondary N) is 1. The number of aliphatic hydroxyl groups excluding tert-OH is 1. The molecule has 0 aromatic heterocycles. The van der Waals surface area contributed by atoms with E-state index in [0.717, 1.165) is 6.07 Å². The number of cyclic esters (lactones) is 1. The van der Waals surface area contributed by atoms with E-state index in [-0.39, 0.29) is 11.3 Å². The van der Waals surface area contributed by atoms with Gasteiger partial charge in [0.25, 0.3) is 5.60 Å². The fourth-order valence-corrected chi connectivity index (χ4v) is 1.71. The monoisotopic (exact) mass is 247 g/mol. The topological polar surface area (TPSA) is 58.6 Å². The third-order valence-electron chi connectivity index (χ3n) is 2.55. The first-order valence-corrected chi connectivity index (χ1v) is 4.68. The number of carbonyl (C=O) groups is 1. The van der Waals surface area contributed by atoms with Gasteiger partial charge in [-0.2, -0.15) is 13.2 Å². The summed E-state index contributed by atoms with van der Waals surface area (Å²) in [4.78, 5) is 11.1. The Morgan fingerprint density at radius 2 is 2.00 bits per heavy atom. The van der Waals surface area contributed by atoms with Gasteiger partial charge < -0.3 is 9.84 Å². The number of fused-ring (bicyclic) bond motifs is 1. The van der Waals surface area contributed by atoms with Crippen LogP contribution in [-0.2, 0) is 10.3 Å². The van der Waals surface area contributed by atoms with Crippen molar-refractivity contribution < 1.29 is 27.8 Å². The second kappa shape index (κ2) is 3.63. The number of rotatable bonds is 1. The molecule has 0 saturated heterocycles. The molecule has 92 valence electrons. The summed E-state index contributed by atoms with van der Waals surface area (Å²) in [6, 6.07) is 5.31. The van der Waals surface area contributed by atoms with Crippen molar-refractivity contribution in [3.05, 3.63) is 29.8 Å². The first-order valence-electron chi connectivity index (χ1n) is 4.68. The maximum atomic E-state index is 13.0. The van der Waals surface area contributed by atoms with Crippen molar-refractivity contribution in [3.63, 3.8) is 0 Å². The Morgan fingerprint density at radius 3 is 2.59 bits per heavy atom. The zero-order valence-corrected chi connectivity index (χ0v) is 8.41. The predicted octanol–water partition coefficient (Wildman–Crippen LogP) is 2.00. The lowest BCUT2D eigenvalue weighted by atomic mass is 9.91. The molecule has 1 aliphatic rings. The van der Waals surface area contributed by atoms with Gasteiger partial charge in [-0.3, -0.25) is 5.32 Å². The molecular weight excluding hydrogens is 239 g/mol. The average Bonchev–Trinajstić information content (AvgIpc) is 2.26. The van der Waals surface area contributed by atoms with Crippen molar-refractivity contribution in [2.45, 2.75) is 11.8 Å². The van der Waals surface area contributed by atoms with Crippen molar-refractivity contribution in [2.75, 3.05) is 11.9 Å². The number of para-hydroxylation sites is 1. The van der Waals surface area contributed by atoms with Crippen LogP contribution in [0.4, 0.5) is 23.7 Å². The Morgan fingerprint density at radius 1 is 1.35 bits per heavy atom. The van der Waals surface area contributed by atoms with E-state index in [2.05, 4.69) is 10.1 Å². The maximum Gasteiger partial charge on any atom is 0.435 e. The first kappa shape index (κ1) is 11.7. The Hall–Kier alpha value is -1.76. The van der Waals surface area contributed by atoms with E-state index in [1.807, 2.05) is 0 Å². The molecule has 0 radical (unpaired) electrons. The molecule has 1 unspecified atom stereocenters. The lowest BCUT2D eigenvalue weighted by molar-refractivity contribution is -0.275. The SMILES string of the molecule is O=C1Nc2ccccc2C(CO)(C(F)(F)F)O1. The highest BCUT2D eigenvalue weighted by molar-refractivity contribution is 5.89. The molecule has 4 nitrogen and oxygen atoms in total. The number of hydrogen-bond donors (Lipinski definition) is 2.